The summed E-state index contributed by atoms with van der Waals surface area (Å²) in [6.07, 6.45) is 0.583. The second-order valence-electron chi connectivity index (χ2n) is 1.14. The van der Waals surface area contributed by atoms with Crippen LogP contribution in [0.4, 0.5) is 0 Å². The zero-order valence-electron chi connectivity index (χ0n) is 2.69. The molecule has 1 nitrogen and oxygen atoms in total. The van der Waals surface area contributed by atoms with Crippen molar-refractivity contribution in [1.82, 2.24) is 0 Å². The zero-order valence-corrected chi connectivity index (χ0v) is 2.69. The summed E-state index contributed by atoms with van der Waals surface area (Å²) < 4.78 is 4.71. The van der Waals surface area contributed by atoms with Crippen molar-refractivity contribution in [3.63, 3.8) is 0 Å². The fraction of sp³-hybridized carbons (Fsp3) is 1.00. The van der Waals surface area contributed by atoms with Crippen molar-refractivity contribution in [3.05, 3.63) is 0 Å². The molecule has 0 radical (unpaired) electrons. The van der Waals surface area contributed by atoms with Crippen LogP contribution in [0.15, 0.2) is 0 Å². The first-order chi connectivity index (χ1) is 1.89. The number of rotatable bonds is 0. The molecule has 0 N–H and O–H groups in total. The Morgan fingerprint density at radius 2 is 1.67 bits per heavy atom. The summed E-state index contributed by atoms with van der Waals surface area (Å²) in [4.78, 5) is 0. The molecule has 1 saturated heterocycles. The Hall–Kier alpha value is 1.96. The predicted octanol–water partition coefficient (Wildman–Crippen LogP) is -0.892. The predicted molar refractivity (Wildman–Crippen MR) is 29.7 cm³/mol. The van der Waals surface area contributed by atoms with E-state index in [0.717, 1.165) is 6.61 Å². The van der Waals surface area contributed by atoms with Crippen LogP contribution >= 0.6 is 0 Å². The first-order valence-corrected chi connectivity index (χ1v) is 1.51. The van der Waals surface area contributed by atoms with E-state index in [1.165, 1.54) is 0 Å². The first kappa shape index (κ1) is 10.9. The van der Waals surface area contributed by atoms with Crippen LogP contribution in [0.1, 0.15) is 6.92 Å². The fourth-order valence-electron chi connectivity index (χ4n) is 0.0962. The third-order valence-corrected chi connectivity index (χ3v) is 0.500. The van der Waals surface area contributed by atoms with Crippen molar-refractivity contribution in [2.45, 2.75) is 13.0 Å². The van der Waals surface area contributed by atoms with Crippen LogP contribution in [-0.4, -0.2) is 71.8 Å². The van der Waals surface area contributed by atoms with E-state index in [-0.39, 0.29) is 59.1 Å². The average molecular weight is 106 g/mol. The van der Waals surface area contributed by atoms with Crippen LogP contribution in [0.2, 0.25) is 0 Å². The molecule has 1 atom stereocenters. The van der Waals surface area contributed by atoms with Crippen LogP contribution < -0.4 is 0 Å². The first-order valence-electron chi connectivity index (χ1n) is 1.51. The molecule has 6 heavy (non-hydrogen) atoms. The van der Waals surface area contributed by atoms with Crippen LogP contribution in [0.3, 0.4) is 0 Å². The standard InChI is InChI=1S/C3H6O.2Na.2H/c1-3-2-4-3;;;;/h3H,2H2,1H3;;;;. The van der Waals surface area contributed by atoms with Crippen molar-refractivity contribution < 1.29 is 4.74 Å². The minimum atomic E-state index is 0. The molecular weight excluding hydrogens is 98.0 g/mol. The molecule has 0 aromatic carbocycles. The number of epoxide rings is 1. The summed E-state index contributed by atoms with van der Waals surface area (Å²) in [5, 5.41) is 0. The van der Waals surface area contributed by atoms with Gasteiger partial charge in [0.05, 0.1) is 12.7 Å². The van der Waals surface area contributed by atoms with Gasteiger partial charge in [-0.1, -0.05) is 0 Å². The maximum absolute atomic E-state index is 4.71. The number of ether oxygens (including phenoxy) is 1. The molecule has 3 heteroatoms. The molecule has 0 saturated carbocycles. The van der Waals surface area contributed by atoms with E-state index in [4.69, 9.17) is 4.74 Å². The minimum absolute atomic E-state index is 0. The van der Waals surface area contributed by atoms with Crippen LogP contribution in [-0.2, 0) is 4.74 Å². The Kier molecular flexibility index (Phi) is 9.23. The summed E-state index contributed by atoms with van der Waals surface area (Å²) in [5.74, 6) is 0. The molecule has 1 unspecified atom stereocenters. The SMILES string of the molecule is CC1CO1.[NaH].[NaH]. The van der Waals surface area contributed by atoms with Gasteiger partial charge >= 0.3 is 59.1 Å². The molecule has 28 valence electrons. The molecule has 1 fully saturated rings. The van der Waals surface area contributed by atoms with Gasteiger partial charge in [0.15, 0.2) is 0 Å². The van der Waals surface area contributed by atoms with Crippen molar-refractivity contribution in [3.8, 4) is 0 Å². The molecule has 1 rings (SSSR count). The summed E-state index contributed by atoms with van der Waals surface area (Å²) in [6, 6.07) is 0. The van der Waals surface area contributed by atoms with Crippen molar-refractivity contribution in [2.24, 2.45) is 0 Å². The third kappa shape index (κ3) is 5.96. The van der Waals surface area contributed by atoms with E-state index < -0.39 is 0 Å². The van der Waals surface area contributed by atoms with Gasteiger partial charge in [-0.3, -0.25) is 0 Å². The van der Waals surface area contributed by atoms with Gasteiger partial charge in [0.2, 0.25) is 0 Å². The topological polar surface area (TPSA) is 12.5 Å². The van der Waals surface area contributed by atoms with Crippen LogP contribution in [0.25, 0.3) is 0 Å². The van der Waals surface area contributed by atoms with E-state index in [9.17, 15) is 0 Å². The van der Waals surface area contributed by atoms with Gasteiger partial charge in [-0.2, -0.15) is 0 Å². The van der Waals surface area contributed by atoms with E-state index in [1.807, 2.05) is 0 Å². The van der Waals surface area contributed by atoms with Crippen LogP contribution in [0.5, 0.6) is 0 Å². The monoisotopic (exact) mass is 106 g/mol. The van der Waals surface area contributed by atoms with Gasteiger partial charge in [0, 0.05) is 0 Å². The van der Waals surface area contributed by atoms with Gasteiger partial charge in [-0.15, -0.1) is 0 Å². The summed E-state index contributed by atoms with van der Waals surface area (Å²) in [7, 11) is 0. The number of hydrogen-bond donors (Lipinski definition) is 0. The molecule has 0 aliphatic carbocycles. The van der Waals surface area contributed by atoms with Crippen molar-refractivity contribution in [2.75, 3.05) is 6.61 Å². The van der Waals surface area contributed by atoms with Gasteiger partial charge < -0.3 is 4.74 Å². The van der Waals surface area contributed by atoms with E-state index in [1.54, 1.807) is 0 Å². The molecule has 0 aromatic rings. The maximum atomic E-state index is 4.71. The van der Waals surface area contributed by atoms with Gasteiger partial charge in [-0.25, -0.2) is 0 Å². The number of hydrogen-bond acceptors (Lipinski definition) is 1. The summed E-state index contributed by atoms with van der Waals surface area (Å²) >= 11 is 0. The third-order valence-electron chi connectivity index (χ3n) is 0.500. The van der Waals surface area contributed by atoms with Crippen LogP contribution in [0, 0.1) is 0 Å². The van der Waals surface area contributed by atoms with E-state index in [2.05, 4.69) is 6.92 Å². The average Bonchev–Trinajstić information content (AvgIpc) is 1.75. The quantitative estimate of drug-likeness (QED) is 0.288. The van der Waals surface area contributed by atoms with E-state index in [0.29, 0.717) is 6.10 Å². The van der Waals surface area contributed by atoms with Crippen molar-refractivity contribution >= 4 is 59.1 Å². The Labute approximate surface area is 82.4 Å². The normalized spacial score (nSPS) is 26.5. The van der Waals surface area contributed by atoms with E-state index >= 15 is 0 Å². The molecule has 0 bridgehead atoms. The van der Waals surface area contributed by atoms with Gasteiger partial charge in [0.1, 0.15) is 0 Å². The molecule has 0 amide bonds. The zero-order chi connectivity index (χ0) is 2.99. The van der Waals surface area contributed by atoms with Gasteiger partial charge in [-0.05, 0) is 6.92 Å². The van der Waals surface area contributed by atoms with Gasteiger partial charge in [0.25, 0.3) is 0 Å². The Bertz CT molecular complexity index is 28.0. The molecule has 1 heterocycles. The summed E-state index contributed by atoms with van der Waals surface area (Å²) in [5.41, 5.74) is 0. The molecular formula is C3H8Na2O. The van der Waals surface area contributed by atoms with Crippen molar-refractivity contribution in [1.29, 1.82) is 0 Å². The molecule has 1 aliphatic heterocycles. The Balaban J connectivity index is 0. The Morgan fingerprint density at radius 1 is 1.50 bits per heavy atom. The fourth-order valence-corrected chi connectivity index (χ4v) is 0.0962. The molecule has 0 spiro atoms. The summed E-state index contributed by atoms with van der Waals surface area (Å²) in [6.45, 7) is 3.04. The molecule has 0 aromatic heterocycles. The second kappa shape index (κ2) is 5.10. The molecule has 1 aliphatic rings. The Morgan fingerprint density at radius 3 is 1.67 bits per heavy atom. The second-order valence-corrected chi connectivity index (χ2v) is 1.14.